The van der Waals surface area contributed by atoms with Crippen molar-refractivity contribution in [3.63, 3.8) is 0 Å². The zero-order valence-corrected chi connectivity index (χ0v) is 27.6. The first kappa shape index (κ1) is 30.2. The highest BCUT2D eigenvalue weighted by molar-refractivity contribution is 14.1. The summed E-state index contributed by atoms with van der Waals surface area (Å²) in [5, 5.41) is 0.619. The van der Waals surface area contributed by atoms with Gasteiger partial charge in [-0.15, -0.1) is 0 Å². The second-order valence-electron chi connectivity index (χ2n) is 9.83. The van der Waals surface area contributed by atoms with Crippen molar-refractivity contribution in [2.24, 2.45) is 4.99 Å². The van der Waals surface area contributed by atoms with Crippen LogP contribution in [-0.4, -0.2) is 31.0 Å². The molecule has 0 saturated heterocycles. The third-order valence-electron chi connectivity index (χ3n) is 7.11. The molecule has 0 fully saturated rings. The number of allylic oxidation sites excluding steroid dienone is 1. The third kappa shape index (κ3) is 5.71. The number of rotatable bonds is 8. The van der Waals surface area contributed by atoms with Gasteiger partial charge in [0.05, 0.1) is 39.1 Å². The molecule has 12 heteroatoms. The molecule has 0 N–H and O–H groups in total. The summed E-state index contributed by atoms with van der Waals surface area (Å²) in [6.07, 6.45) is 1.78. The number of carbonyl (C=O) groups excluding carboxylic acids is 1. The fraction of sp³-hybridized carbons (Fsp3) is 0.219. The third-order valence-corrected chi connectivity index (χ3v) is 9.26. The molecule has 0 aliphatic carbocycles. The molecule has 1 atom stereocenters. The second kappa shape index (κ2) is 12.7. The van der Waals surface area contributed by atoms with Crippen LogP contribution in [0, 0.1) is 3.57 Å². The smallest absolute Gasteiger partial charge is 0.338 e. The molecular formula is C32H26ClIN2O7S. The number of benzene rings is 3. The lowest BCUT2D eigenvalue weighted by Crippen LogP contribution is -2.39. The van der Waals surface area contributed by atoms with Crippen LogP contribution in [0.3, 0.4) is 0 Å². The van der Waals surface area contributed by atoms with E-state index < -0.39 is 12.0 Å². The van der Waals surface area contributed by atoms with Gasteiger partial charge in [-0.25, -0.2) is 9.79 Å². The molecule has 3 aromatic carbocycles. The Morgan fingerprint density at radius 3 is 2.75 bits per heavy atom. The van der Waals surface area contributed by atoms with Crippen LogP contribution < -0.4 is 33.8 Å². The number of aromatic nitrogens is 1. The topological polar surface area (TPSA) is 97.6 Å². The maximum atomic E-state index is 14.0. The van der Waals surface area contributed by atoms with E-state index in [2.05, 4.69) is 27.6 Å². The van der Waals surface area contributed by atoms with Crippen molar-refractivity contribution in [2.75, 3.05) is 20.5 Å². The Bertz CT molecular complexity index is 2000. The number of ether oxygens (including phenoxy) is 5. The average molecular weight is 745 g/mol. The lowest BCUT2D eigenvalue weighted by molar-refractivity contribution is -0.139. The first-order valence-electron chi connectivity index (χ1n) is 13.6. The molecule has 9 nitrogen and oxygen atoms in total. The van der Waals surface area contributed by atoms with Gasteiger partial charge in [-0.3, -0.25) is 9.36 Å². The molecule has 0 radical (unpaired) electrons. The lowest BCUT2D eigenvalue weighted by atomic mass is 9.95. The van der Waals surface area contributed by atoms with Gasteiger partial charge in [-0.05, 0) is 84.0 Å². The minimum atomic E-state index is -0.766. The summed E-state index contributed by atoms with van der Waals surface area (Å²) in [4.78, 5) is 32.4. The van der Waals surface area contributed by atoms with Gasteiger partial charge < -0.3 is 23.7 Å². The monoisotopic (exact) mass is 744 g/mol. The molecule has 44 heavy (non-hydrogen) atoms. The molecule has 1 unspecified atom stereocenters. The number of halogens is 2. The van der Waals surface area contributed by atoms with E-state index in [4.69, 9.17) is 35.3 Å². The normalized spacial score (nSPS) is 15.6. The van der Waals surface area contributed by atoms with Gasteiger partial charge in [0.2, 0.25) is 6.79 Å². The first-order valence-corrected chi connectivity index (χ1v) is 15.9. The summed E-state index contributed by atoms with van der Waals surface area (Å²) in [7, 11) is 1.57. The van der Waals surface area contributed by atoms with Crippen LogP contribution in [-0.2, 0) is 16.1 Å². The average Bonchev–Trinajstić information content (AvgIpc) is 3.60. The predicted molar refractivity (Wildman–Crippen MR) is 174 cm³/mol. The number of esters is 1. The van der Waals surface area contributed by atoms with Crippen LogP contribution in [0.4, 0.5) is 0 Å². The Hall–Kier alpha value is -3.81. The minimum absolute atomic E-state index is 0.104. The molecule has 226 valence electrons. The van der Waals surface area contributed by atoms with E-state index in [-0.39, 0.29) is 25.6 Å². The molecule has 3 heterocycles. The number of carbonyl (C=O) groups is 1. The molecular weight excluding hydrogens is 719 g/mol. The number of hydrogen-bond acceptors (Lipinski definition) is 9. The van der Waals surface area contributed by atoms with E-state index in [1.54, 1.807) is 39.2 Å². The molecule has 0 saturated carbocycles. The first-order chi connectivity index (χ1) is 21.3. The quantitative estimate of drug-likeness (QED) is 0.177. The van der Waals surface area contributed by atoms with Crippen LogP contribution in [0.5, 0.6) is 23.0 Å². The van der Waals surface area contributed by atoms with Gasteiger partial charge in [0, 0.05) is 10.6 Å². The van der Waals surface area contributed by atoms with Gasteiger partial charge in [-0.2, -0.15) is 0 Å². The number of methoxy groups -OCH3 is 1. The maximum Gasteiger partial charge on any atom is 0.338 e. The van der Waals surface area contributed by atoms with E-state index in [0.717, 1.165) is 14.7 Å². The largest absolute Gasteiger partial charge is 0.493 e. The minimum Gasteiger partial charge on any atom is -0.493 e. The zero-order valence-electron chi connectivity index (χ0n) is 23.9. The van der Waals surface area contributed by atoms with E-state index in [9.17, 15) is 9.59 Å². The van der Waals surface area contributed by atoms with Crippen LogP contribution in [0.15, 0.2) is 75.7 Å². The number of thiazole rings is 1. The molecule has 2 aliphatic rings. The van der Waals surface area contributed by atoms with Crippen molar-refractivity contribution < 1.29 is 28.5 Å². The standard InChI is InChI=1S/C32H26ClIN2O7S/c1-4-40-31(38)27-17(2)35-32-36(28(27)19-9-10-23-24(14-19)43-16-42-23)30(37)26(44-32)13-18-11-22(34)29(25(12-18)39-3)41-15-20-7-5-6-8-21(20)33/h5-14,28H,4,15-16H2,1-3H3/b26-13-. The van der Waals surface area contributed by atoms with Crippen molar-refractivity contribution in [3.05, 3.63) is 111 Å². The molecule has 1 aromatic heterocycles. The van der Waals surface area contributed by atoms with Crippen LogP contribution in [0.2, 0.25) is 5.02 Å². The van der Waals surface area contributed by atoms with Crippen molar-refractivity contribution in [1.82, 2.24) is 4.57 Å². The Kier molecular flexibility index (Phi) is 8.70. The molecule has 4 aromatic rings. The second-order valence-corrected chi connectivity index (χ2v) is 12.4. The van der Waals surface area contributed by atoms with E-state index in [1.165, 1.54) is 15.9 Å². The van der Waals surface area contributed by atoms with Crippen molar-refractivity contribution in [3.8, 4) is 23.0 Å². The number of nitrogens with zero attached hydrogens (tertiary/aromatic N) is 2. The molecule has 2 aliphatic heterocycles. The number of fused-ring (bicyclic) bond motifs is 2. The van der Waals surface area contributed by atoms with Crippen LogP contribution in [0.25, 0.3) is 6.08 Å². The maximum absolute atomic E-state index is 14.0. The Morgan fingerprint density at radius 1 is 1.18 bits per heavy atom. The summed E-state index contributed by atoms with van der Waals surface area (Å²) in [5.74, 6) is 1.70. The summed E-state index contributed by atoms with van der Waals surface area (Å²) in [6, 6.07) is 15.8. The fourth-order valence-corrected chi connectivity index (χ4v) is 7.09. The van der Waals surface area contributed by atoms with Gasteiger partial charge in [0.25, 0.3) is 5.56 Å². The Morgan fingerprint density at radius 2 is 1.98 bits per heavy atom. The Balaban J connectivity index is 1.42. The Labute approximate surface area is 275 Å². The summed E-state index contributed by atoms with van der Waals surface area (Å²) < 4.78 is 31.0. The lowest BCUT2D eigenvalue weighted by Gasteiger charge is -2.24. The number of hydrogen-bond donors (Lipinski definition) is 0. The van der Waals surface area contributed by atoms with Crippen LogP contribution >= 0.6 is 45.5 Å². The van der Waals surface area contributed by atoms with E-state index in [1.807, 2.05) is 42.5 Å². The van der Waals surface area contributed by atoms with Crippen LogP contribution in [0.1, 0.15) is 36.6 Å². The van der Waals surface area contributed by atoms with Gasteiger partial charge >= 0.3 is 5.97 Å². The SMILES string of the molecule is CCOC(=O)C1=C(C)N=c2s/c(=C\c3cc(I)c(OCc4ccccc4Cl)c(OC)c3)c(=O)n2C1c1ccc2c(c1)OCO2. The van der Waals surface area contributed by atoms with Gasteiger partial charge in [-0.1, -0.05) is 47.2 Å². The predicted octanol–water partition coefficient (Wildman–Crippen LogP) is 5.37. The highest BCUT2D eigenvalue weighted by Gasteiger charge is 2.34. The zero-order chi connectivity index (χ0) is 31.0. The van der Waals surface area contributed by atoms with Gasteiger partial charge in [0.15, 0.2) is 27.8 Å². The fourth-order valence-electron chi connectivity index (χ4n) is 5.07. The molecule has 6 rings (SSSR count). The van der Waals surface area contributed by atoms with Gasteiger partial charge in [0.1, 0.15) is 6.61 Å². The summed E-state index contributed by atoms with van der Waals surface area (Å²) in [5.41, 5.74) is 2.75. The molecule has 0 amide bonds. The summed E-state index contributed by atoms with van der Waals surface area (Å²) in [6.45, 7) is 4.05. The van der Waals surface area contributed by atoms with E-state index >= 15 is 0 Å². The van der Waals surface area contributed by atoms with Crippen molar-refractivity contribution in [1.29, 1.82) is 0 Å². The highest BCUT2D eigenvalue weighted by Crippen LogP contribution is 2.38. The van der Waals surface area contributed by atoms with Crippen molar-refractivity contribution >= 4 is 57.6 Å². The molecule has 0 bridgehead atoms. The summed E-state index contributed by atoms with van der Waals surface area (Å²) >= 11 is 9.73. The highest BCUT2D eigenvalue weighted by atomic mass is 127. The van der Waals surface area contributed by atoms with Crippen molar-refractivity contribution in [2.45, 2.75) is 26.5 Å². The molecule has 0 spiro atoms. The van der Waals surface area contributed by atoms with E-state index in [0.29, 0.717) is 54.2 Å².